The molecule has 0 spiro atoms. The van der Waals surface area contributed by atoms with Crippen molar-refractivity contribution in [3.63, 3.8) is 0 Å². The van der Waals surface area contributed by atoms with Gasteiger partial charge in [0, 0.05) is 11.7 Å². The quantitative estimate of drug-likeness (QED) is 0.862. The normalized spacial score (nSPS) is 22.2. The van der Waals surface area contributed by atoms with Crippen LogP contribution >= 0.6 is 0 Å². The summed E-state index contributed by atoms with van der Waals surface area (Å²) in [7, 11) is 0. The standard InChI is InChI=1S/C15H21N3/c1-11-7-8-12(10-16)14(17-11)18-13-6-4-5-9-15(13,2)3/h7-8,13H,4-6,9H2,1-3H3,(H,17,18). The number of hydrogen-bond acceptors (Lipinski definition) is 3. The molecule has 2 rings (SSSR count). The molecule has 1 unspecified atom stereocenters. The van der Waals surface area contributed by atoms with E-state index in [2.05, 4.69) is 30.2 Å². The van der Waals surface area contributed by atoms with Crippen molar-refractivity contribution >= 4 is 5.82 Å². The highest BCUT2D eigenvalue weighted by molar-refractivity contribution is 5.53. The van der Waals surface area contributed by atoms with Crippen molar-refractivity contribution in [3.05, 3.63) is 23.4 Å². The molecule has 3 heteroatoms. The highest BCUT2D eigenvalue weighted by Crippen LogP contribution is 2.37. The van der Waals surface area contributed by atoms with Crippen LogP contribution in [0.5, 0.6) is 0 Å². The van der Waals surface area contributed by atoms with Crippen molar-refractivity contribution in [3.8, 4) is 6.07 Å². The first-order valence-corrected chi connectivity index (χ1v) is 6.67. The van der Waals surface area contributed by atoms with Gasteiger partial charge in [-0.05, 0) is 37.3 Å². The summed E-state index contributed by atoms with van der Waals surface area (Å²) in [6, 6.07) is 6.36. The Morgan fingerprint density at radius 3 is 2.83 bits per heavy atom. The topological polar surface area (TPSA) is 48.7 Å². The van der Waals surface area contributed by atoms with Crippen LogP contribution in [0, 0.1) is 23.7 Å². The molecule has 1 aliphatic rings. The van der Waals surface area contributed by atoms with Crippen molar-refractivity contribution in [1.82, 2.24) is 4.98 Å². The molecule has 0 saturated heterocycles. The zero-order valence-corrected chi connectivity index (χ0v) is 11.5. The number of hydrogen-bond donors (Lipinski definition) is 1. The first kappa shape index (κ1) is 12.9. The van der Waals surface area contributed by atoms with E-state index >= 15 is 0 Å². The van der Waals surface area contributed by atoms with Gasteiger partial charge in [0.2, 0.25) is 0 Å². The number of rotatable bonds is 2. The van der Waals surface area contributed by atoms with Crippen LogP contribution in [0.3, 0.4) is 0 Å². The molecule has 3 nitrogen and oxygen atoms in total. The van der Waals surface area contributed by atoms with Gasteiger partial charge in [-0.1, -0.05) is 26.7 Å². The second kappa shape index (κ2) is 4.97. The third kappa shape index (κ3) is 2.64. The van der Waals surface area contributed by atoms with E-state index in [9.17, 15) is 0 Å². The van der Waals surface area contributed by atoms with Crippen molar-refractivity contribution in [2.45, 2.75) is 52.5 Å². The van der Waals surface area contributed by atoms with Crippen molar-refractivity contribution in [1.29, 1.82) is 5.26 Å². The van der Waals surface area contributed by atoms with E-state index in [4.69, 9.17) is 5.26 Å². The van der Waals surface area contributed by atoms with E-state index < -0.39 is 0 Å². The second-order valence-corrected chi connectivity index (χ2v) is 5.89. The molecule has 0 bridgehead atoms. The Balaban J connectivity index is 2.23. The number of aromatic nitrogens is 1. The Kier molecular flexibility index (Phi) is 3.56. The predicted molar refractivity (Wildman–Crippen MR) is 73.3 cm³/mol. The van der Waals surface area contributed by atoms with Gasteiger partial charge in [0.05, 0.1) is 5.56 Å². The fourth-order valence-corrected chi connectivity index (χ4v) is 2.68. The number of pyridine rings is 1. The molecule has 96 valence electrons. The summed E-state index contributed by atoms with van der Waals surface area (Å²) in [5.74, 6) is 0.748. The number of aryl methyl sites for hydroxylation is 1. The summed E-state index contributed by atoms with van der Waals surface area (Å²) in [4.78, 5) is 4.47. The van der Waals surface area contributed by atoms with Crippen molar-refractivity contribution in [2.24, 2.45) is 5.41 Å². The van der Waals surface area contributed by atoms with Gasteiger partial charge in [-0.3, -0.25) is 0 Å². The minimum Gasteiger partial charge on any atom is -0.366 e. The summed E-state index contributed by atoms with van der Waals surface area (Å²) in [5, 5.41) is 12.6. The Morgan fingerprint density at radius 2 is 2.17 bits per heavy atom. The van der Waals surface area contributed by atoms with Gasteiger partial charge in [-0.2, -0.15) is 5.26 Å². The minimum atomic E-state index is 0.274. The molecular formula is C15H21N3. The van der Waals surface area contributed by atoms with Crippen molar-refractivity contribution in [2.75, 3.05) is 5.32 Å². The Labute approximate surface area is 109 Å². The number of nitrogens with zero attached hydrogens (tertiary/aromatic N) is 2. The van der Waals surface area contributed by atoms with Crippen molar-refractivity contribution < 1.29 is 0 Å². The summed E-state index contributed by atoms with van der Waals surface area (Å²) in [6.45, 7) is 6.55. The molecular weight excluding hydrogens is 222 g/mol. The van der Waals surface area contributed by atoms with Crippen LogP contribution in [0.25, 0.3) is 0 Å². The summed E-state index contributed by atoms with van der Waals surface area (Å²) < 4.78 is 0. The maximum atomic E-state index is 9.14. The zero-order valence-electron chi connectivity index (χ0n) is 11.5. The van der Waals surface area contributed by atoms with E-state index in [0.29, 0.717) is 11.6 Å². The fourth-order valence-electron chi connectivity index (χ4n) is 2.68. The van der Waals surface area contributed by atoms with E-state index in [-0.39, 0.29) is 5.41 Å². The monoisotopic (exact) mass is 243 g/mol. The van der Waals surface area contributed by atoms with E-state index in [1.165, 1.54) is 19.3 Å². The van der Waals surface area contributed by atoms with Crippen LogP contribution in [0.4, 0.5) is 5.82 Å². The lowest BCUT2D eigenvalue weighted by Gasteiger charge is -2.39. The van der Waals surface area contributed by atoms with Gasteiger partial charge >= 0.3 is 0 Å². The average Bonchev–Trinajstić information content (AvgIpc) is 2.32. The molecule has 1 aliphatic carbocycles. The van der Waals surface area contributed by atoms with Crippen LogP contribution in [-0.2, 0) is 0 Å². The molecule has 1 fully saturated rings. The molecule has 0 radical (unpaired) electrons. The van der Waals surface area contributed by atoms with Crippen LogP contribution in [-0.4, -0.2) is 11.0 Å². The first-order chi connectivity index (χ1) is 8.53. The lowest BCUT2D eigenvalue weighted by molar-refractivity contribution is 0.216. The average molecular weight is 243 g/mol. The minimum absolute atomic E-state index is 0.274. The first-order valence-electron chi connectivity index (χ1n) is 6.67. The molecule has 1 aromatic heterocycles. The van der Waals surface area contributed by atoms with E-state index in [0.717, 1.165) is 17.9 Å². The van der Waals surface area contributed by atoms with Gasteiger partial charge < -0.3 is 5.32 Å². The molecule has 0 amide bonds. The van der Waals surface area contributed by atoms with Gasteiger partial charge in [0.25, 0.3) is 0 Å². The zero-order chi connectivity index (χ0) is 13.2. The highest BCUT2D eigenvalue weighted by atomic mass is 15.0. The second-order valence-electron chi connectivity index (χ2n) is 5.89. The maximum Gasteiger partial charge on any atom is 0.144 e. The summed E-state index contributed by atoms with van der Waals surface area (Å²) in [6.07, 6.45) is 4.96. The van der Waals surface area contributed by atoms with Crippen LogP contribution in [0.1, 0.15) is 50.8 Å². The SMILES string of the molecule is Cc1ccc(C#N)c(NC2CCCCC2(C)C)n1. The molecule has 1 heterocycles. The van der Waals surface area contributed by atoms with E-state index in [1.54, 1.807) is 0 Å². The fraction of sp³-hybridized carbons (Fsp3) is 0.600. The molecule has 1 saturated carbocycles. The molecule has 0 aromatic carbocycles. The van der Waals surface area contributed by atoms with Gasteiger partial charge in [-0.25, -0.2) is 4.98 Å². The van der Waals surface area contributed by atoms with Crippen LogP contribution in [0.2, 0.25) is 0 Å². The van der Waals surface area contributed by atoms with Gasteiger partial charge in [-0.15, -0.1) is 0 Å². The van der Waals surface area contributed by atoms with Gasteiger partial charge in [0.15, 0.2) is 0 Å². The smallest absolute Gasteiger partial charge is 0.144 e. The molecule has 1 atom stereocenters. The van der Waals surface area contributed by atoms with Gasteiger partial charge in [0.1, 0.15) is 11.9 Å². The third-order valence-electron chi connectivity index (χ3n) is 3.97. The van der Waals surface area contributed by atoms with Crippen LogP contribution in [0.15, 0.2) is 12.1 Å². The Morgan fingerprint density at radius 1 is 1.39 bits per heavy atom. The Bertz CT molecular complexity index is 471. The molecule has 1 aromatic rings. The molecule has 0 aliphatic heterocycles. The van der Waals surface area contributed by atoms with E-state index in [1.807, 2.05) is 19.1 Å². The van der Waals surface area contributed by atoms with Crippen LogP contribution < -0.4 is 5.32 Å². The summed E-state index contributed by atoms with van der Waals surface area (Å²) in [5.41, 5.74) is 1.86. The third-order valence-corrected chi connectivity index (χ3v) is 3.97. The summed E-state index contributed by atoms with van der Waals surface area (Å²) >= 11 is 0. The molecule has 18 heavy (non-hydrogen) atoms. The number of nitrogens with one attached hydrogen (secondary N) is 1. The number of nitriles is 1. The number of anilines is 1. The Hall–Kier alpha value is -1.56. The predicted octanol–water partition coefficient (Wildman–Crippen LogP) is 3.64. The molecule has 1 N–H and O–H groups in total. The lowest BCUT2D eigenvalue weighted by atomic mass is 9.73. The largest absolute Gasteiger partial charge is 0.366 e. The maximum absolute atomic E-state index is 9.14. The lowest BCUT2D eigenvalue weighted by Crippen LogP contribution is -2.39. The highest BCUT2D eigenvalue weighted by Gasteiger charge is 2.32.